The molecule has 2 aromatic carbocycles. The van der Waals surface area contributed by atoms with Crippen LogP contribution in [0.25, 0.3) is 0 Å². The molecule has 0 saturated carbocycles. The van der Waals surface area contributed by atoms with Gasteiger partial charge in [0.05, 0.1) is 6.42 Å². The molecule has 0 atom stereocenters. The van der Waals surface area contributed by atoms with Crippen molar-refractivity contribution < 1.29 is 9.53 Å². The predicted molar refractivity (Wildman–Crippen MR) is 99.9 cm³/mol. The van der Waals surface area contributed by atoms with Crippen molar-refractivity contribution in [2.75, 3.05) is 0 Å². The van der Waals surface area contributed by atoms with Crippen LogP contribution in [0.2, 0.25) is 0 Å². The van der Waals surface area contributed by atoms with Gasteiger partial charge in [-0.1, -0.05) is 63.6 Å². The van der Waals surface area contributed by atoms with Gasteiger partial charge < -0.3 is 4.74 Å². The minimum absolute atomic E-state index is 0.199. The van der Waals surface area contributed by atoms with Gasteiger partial charge >= 0.3 is 5.97 Å². The summed E-state index contributed by atoms with van der Waals surface area (Å²) >= 11 is 0. The number of carbonyl (C=O) groups excluding carboxylic acids is 1. The lowest BCUT2D eigenvalue weighted by molar-refractivity contribution is -0.133. The minimum Gasteiger partial charge on any atom is -0.426 e. The Labute approximate surface area is 145 Å². The Bertz CT molecular complexity index is 665. The molecular weight excluding hydrogens is 296 g/mol. The van der Waals surface area contributed by atoms with Crippen molar-refractivity contribution in [2.45, 2.75) is 59.8 Å². The van der Waals surface area contributed by atoms with Gasteiger partial charge in [0.1, 0.15) is 5.75 Å². The summed E-state index contributed by atoms with van der Waals surface area (Å²) in [4.78, 5) is 12.5. The van der Waals surface area contributed by atoms with Crippen molar-refractivity contribution in [1.29, 1.82) is 0 Å². The third kappa shape index (κ3) is 4.47. The van der Waals surface area contributed by atoms with E-state index in [1.165, 1.54) is 11.1 Å². The molecule has 0 aliphatic heterocycles. The van der Waals surface area contributed by atoms with Crippen LogP contribution < -0.4 is 4.74 Å². The Hall–Kier alpha value is -2.09. The predicted octanol–water partition coefficient (Wildman–Crippen LogP) is 5.70. The zero-order valence-electron chi connectivity index (χ0n) is 15.6. The van der Waals surface area contributed by atoms with E-state index >= 15 is 0 Å². The Morgan fingerprint density at radius 1 is 0.875 bits per heavy atom. The highest BCUT2D eigenvalue weighted by molar-refractivity contribution is 5.76. The van der Waals surface area contributed by atoms with Crippen molar-refractivity contribution >= 4 is 5.97 Å². The van der Waals surface area contributed by atoms with Crippen molar-refractivity contribution in [3.05, 3.63) is 64.2 Å². The number of esters is 1. The van der Waals surface area contributed by atoms with E-state index < -0.39 is 0 Å². The van der Waals surface area contributed by atoms with Gasteiger partial charge in [-0.15, -0.1) is 0 Å². The van der Waals surface area contributed by atoms with Gasteiger partial charge in [0.25, 0.3) is 0 Å². The molecule has 2 nitrogen and oxygen atoms in total. The molecule has 0 radical (unpaired) electrons. The Kier molecular flexibility index (Phi) is 5.82. The van der Waals surface area contributed by atoms with Crippen molar-refractivity contribution in [1.82, 2.24) is 0 Å². The van der Waals surface area contributed by atoms with E-state index in [1.54, 1.807) is 0 Å². The zero-order valence-corrected chi connectivity index (χ0v) is 15.6. The third-order valence-corrected chi connectivity index (χ3v) is 4.27. The molecule has 0 amide bonds. The average molecular weight is 324 g/mol. The van der Waals surface area contributed by atoms with Crippen LogP contribution in [0, 0.1) is 13.8 Å². The zero-order chi connectivity index (χ0) is 17.9. The Morgan fingerprint density at radius 3 is 2.00 bits per heavy atom. The number of carbonyl (C=O) groups is 1. The summed E-state index contributed by atoms with van der Waals surface area (Å²) in [6, 6.07) is 12.4. The molecular formula is C22H28O2. The van der Waals surface area contributed by atoms with Crippen LogP contribution in [0.1, 0.15) is 67.3 Å². The number of hydrogen-bond acceptors (Lipinski definition) is 2. The largest absolute Gasteiger partial charge is 0.426 e. The topological polar surface area (TPSA) is 26.3 Å². The summed E-state index contributed by atoms with van der Waals surface area (Å²) in [7, 11) is 0. The van der Waals surface area contributed by atoms with Crippen LogP contribution in [-0.4, -0.2) is 5.97 Å². The molecule has 24 heavy (non-hydrogen) atoms. The summed E-state index contributed by atoms with van der Waals surface area (Å²) in [5, 5.41) is 0. The molecule has 128 valence electrons. The van der Waals surface area contributed by atoms with E-state index in [9.17, 15) is 4.79 Å². The van der Waals surface area contributed by atoms with Gasteiger partial charge in [-0.05, 0) is 54.0 Å². The smallest absolute Gasteiger partial charge is 0.315 e. The molecule has 0 heterocycles. The standard InChI is InChI=1S/C22H28O2/c1-14(2)19-9-7-16(5)11-18(19)13-22(23)24-21-12-17(6)8-10-20(21)15(3)4/h7-12,14-15H,13H2,1-6H3. The first kappa shape index (κ1) is 18.3. The lowest BCUT2D eigenvalue weighted by Gasteiger charge is -2.16. The second-order valence-electron chi connectivity index (χ2n) is 7.20. The van der Waals surface area contributed by atoms with Crippen LogP contribution >= 0.6 is 0 Å². The maximum atomic E-state index is 12.5. The first-order valence-electron chi connectivity index (χ1n) is 8.68. The van der Waals surface area contributed by atoms with Crippen molar-refractivity contribution in [3.63, 3.8) is 0 Å². The molecule has 0 aliphatic rings. The molecule has 0 N–H and O–H groups in total. The van der Waals surface area contributed by atoms with E-state index in [0.717, 1.165) is 16.7 Å². The van der Waals surface area contributed by atoms with Gasteiger partial charge in [0.15, 0.2) is 0 Å². The maximum Gasteiger partial charge on any atom is 0.315 e. The molecule has 2 aromatic rings. The van der Waals surface area contributed by atoms with E-state index in [2.05, 4.69) is 65.0 Å². The first-order chi connectivity index (χ1) is 11.3. The van der Waals surface area contributed by atoms with Gasteiger partial charge in [-0.25, -0.2) is 0 Å². The van der Waals surface area contributed by atoms with Gasteiger partial charge in [-0.3, -0.25) is 4.79 Å². The number of benzene rings is 2. The highest BCUT2D eigenvalue weighted by Crippen LogP contribution is 2.28. The van der Waals surface area contributed by atoms with Gasteiger partial charge in [0.2, 0.25) is 0 Å². The fourth-order valence-electron chi connectivity index (χ4n) is 2.97. The SMILES string of the molecule is Cc1ccc(C(C)C)c(CC(=O)Oc2cc(C)ccc2C(C)C)c1. The first-order valence-corrected chi connectivity index (χ1v) is 8.68. The summed E-state index contributed by atoms with van der Waals surface area (Å²) in [5.74, 6) is 1.20. The van der Waals surface area contributed by atoms with E-state index in [0.29, 0.717) is 24.0 Å². The van der Waals surface area contributed by atoms with Gasteiger partial charge in [0, 0.05) is 0 Å². The molecule has 0 bridgehead atoms. The van der Waals surface area contributed by atoms with Crippen LogP contribution in [0.15, 0.2) is 36.4 Å². The van der Waals surface area contributed by atoms with E-state index in [4.69, 9.17) is 4.74 Å². The molecule has 0 aromatic heterocycles. The maximum absolute atomic E-state index is 12.5. The Balaban J connectivity index is 2.24. The third-order valence-electron chi connectivity index (χ3n) is 4.27. The number of aryl methyl sites for hydroxylation is 2. The van der Waals surface area contributed by atoms with E-state index in [1.807, 2.05) is 13.0 Å². The van der Waals surface area contributed by atoms with Crippen LogP contribution in [0.3, 0.4) is 0 Å². The Morgan fingerprint density at radius 2 is 1.42 bits per heavy atom. The molecule has 0 unspecified atom stereocenters. The quantitative estimate of drug-likeness (QED) is 0.521. The highest BCUT2D eigenvalue weighted by Gasteiger charge is 2.15. The van der Waals surface area contributed by atoms with Crippen LogP contribution in [0.4, 0.5) is 0 Å². The monoisotopic (exact) mass is 324 g/mol. The van der Waals surface area contributed by atoms with E-state index in [-0.39, 0.29) is 5.97 Å². The highest BCUT2D eigenvalue weighted by atomic mass is 16.5. The number of ether oxygens (including phenoxy) is 1. The van der Waals surface area contributed by atoms with Gasteiger partial charge in [-0.2, -0.15) is 0 Å². The fraction of sp³-hybridized carbons (Fsp3) is 0.409. The number of hydrogen-bond donors (Lipinski definition) is 0. The number of rotatable bonds is 5. The van der Waals surface area contributed by atoms with Crippen molar-refractivity contribution in [3.8, 4) is 5.75 Å². The van der Waals surface area contributed by atoms with Crippen molar-refractivity contribution in [2.24, 2.45) is 0 Å². The lowest BCUT2D eigenvalue weighted by Crippen LogP contribution is -2.14. The molecule has 0 spiro atoms. The minimum atomic E-state index is -0.199. The molecule has 2 rings (SSSR count). The second kappa shape index (κ2) is 7.65. The lowest BCUT2D eigenvalue weighted by atomic mass is 9.94. The normalized spacial score (nSPS) is 11.2. The molecule has 2 heteroatoms. The molecule has 0 saturated heterocycles. The fourth-order valence-corrected chi connectivity index (χ4v) is 2.97. The summed E-state index contributed by atoms with van der Waals surface area (Å²) in [6.45, 7) is 12.6. The summed E-state index contributed by atoms with van der Waals surface area (Å²) in [5.41, 5.74) is 5.61. The summed E-state index contributed by atoms with van der Waals surface area (Å²) in [6.07, 6.45) is 0.306. The second-order valence-corrected chi connectivity index (χ2v) is 7.20. The summed E-state index contributed by atoms with van der Waals surface area (Å²) < 4.78 is 5.73. The van der Waals surface area contributed by atoms with Crippen LogP contribution in [0.5, 0.6) is 5.75 Å². The average Bonchev–Trinajstić information content (AvgIpc) is 2.46. The molecule has 0 fully saturated rings. The molecule has 0 aliphatic carbocycles. The van der Waals surface area contributed by atoms with Crippen LogP contribution in [-0.2, 0) is 11.2 Å².